The quantitative estimate of drug-likeness (QED) is 0.477. The van der Waals surface area contributed by atoms with Crippen molar-refractivity contribution in [2.24, 2.45) is 7.05 Å². The maximum absolute atomic E-state index is 12.2. The summed E-state index contributed by atoms with van der Waals surface area (Å²) in [4.78, 5) is 24.1. The third kappa shape index (κ3) is 5.82. The molecule has 0 atom stereocenters. The van der Waals surface area contributed by atoms with E-state index in [1.807, 2.05) is 18.2 Å². The van der Waals surface area contributed by atoms with Gasteiger partial charge in [-0.05, 0) is 53.4 Å². The minimum absolute atomic E-state index is 0.215. The van der Waals surface area contributed by atoms with Gasteiger partial charge < -0.3 is 14.8 Å². The number of ether oxygens (including phenoxy) is 2. The van der Waals surface area contributed by atoms with Gasteiger partial charge in [-0.3, -0.25) is 9.48 Å². The molecule has 2 aromatic rings. The summed E-state index contributed by atoms with van der Waals surface area (Å²) in [6.45, 7) is 4.48. The van der Waals surface area contributed by atoms with Crippen molar-refractivity contribution in [2.45, 2.75) is 33.1 Å². The van der Waals surface area contributed by atoms with Gasteiger partial charge in [-0.1, -0.05) is 13.0 Å². The number of esters is 1. The van der Waals surface area contributed by atoms with Crippen LogP contribution >= 0.6 is 15.9 Å². The first-order valence-electron chi connectivity index (χ1n) is 8.86. The highest BCUT2D eigenvalue weighted by Crippen LogP contribution is 2.26. The molecule has 0 unspecified atom stereocenters. The van der Waals surface area contributed by atoms with Crippen molar-refractivity contribution < 1.29 is 19.1 Å². The second-order valence-corrected chi connectivity index (χ2v) is 6.72. The lowest BCUT2D eigenvalue weighted by Gasteiger charge is -2.10. The molecule has 0 aliphatic heterocycles. The Kier molecular flexibility index (Phi) is 7.84. The van der Waals surface area contributed by atoms with Crippen LogP contribution in [0.2, 0.25) is 0 Å². The van der Waals surface area contributed by atoms with Gasteiger partial charge in [0.25, 0.3) is 0 Å². The minimum atomic E-state index is -0.510. The van der Waals surface area contributed by atoms with Crippen LogP contribution in [-0.4, -0.2) is 34.9 Å². The van der Waals surface area contributed by atoms with E-state index in [-0.39, 0.29) is 24.5 Å². The number of benzene rings is 1. The van der Waals surface area contributed by atoms with Crippen molar-refractivity contribution in [1.29, 1.82) is 0 Å². The number of nitrogens with zero attached hydrogens (tertiary/aromatic N) is 2. The van der Waals surface area contributed by atoms with Crippen LogP contribution in [0.4, 0.5) is 5.82 Å². The van der Waals surface area contributed by atoms with E-state index < -0.39 is 5.97 Å². The Morgan fingerprint density at radius 2 is 2.07 bits per heavy atom. The summed E-state index contributed by atoms with van der Waals surface area (Å²) < 4.78 is 13.0. The van der Waals surface area contributed by atoms with Gasteiger partial charge in [-0.15, -0.1) is 0 Å². The average molecular weight is 438 g/mol. The summed E-state index contributed by atoms with van der Waals surface area (Å²) in [5.74, 6) is 0.360. The number of amides is 1. The third-order valence-corrected chi connectivity index (χ3v) is 4.52. The van der Waals surface area contributed by atoms with Gasteiger partial charge in [0.2, 0.25) is 5.91 Å². The highest BCUT2D eigenvalue weighted by Gasteiger charge is 2.19. The maximum atomic E-state index is 12.2. The molecule has 0 bridgehead atoms. The number of nitrogens with one attached hydrogen (secondary N) is 1. The Morgan fingerprint density at radius 3 is 2.74 bits per heavy atom. The van der Waals surface area contributed by atoms with Crippen LogP contribution in [0.15, 0.2) is 28.9 Å². The van der Waals surface area contributed by atoms with E-state index in [0.29, 0.717) is 18.8 Å². The highest BCUT2D eigenvalue weighted by molar-refractivity contribution is 9.10. The maximum Gasteiger partial charge on any atom is 0.343 e. The minimum Gasteiger partial charge on any atom is -0.492 e. The van der Waals surface area contributed by atoms with Crippen molar-refractivity contribution in [3.63, 3.8) is 0 Å². The molecule has 27 heavy (non-hydrogen) atoms. The van der Waals surface area contributed by atoms with E-state index >= 15 is 0 Å². The molecular weight excluding hydrogens is 414 g/mol. The van der Waals surface area contributed by atoms with Gasteiger partial charge in [-0.25, -0.2) is 4.79 Å². The second kappa shape index (κ2) is 10.1. The molecule has 1 aromatic carbocycles. The molecule has 1 amide bonds. The molecule has 146 valence electrons. The van der Waals surface area contributed by atoms with Gasteiger partial charge in [-0.2, -0.15) is 5.10 Å². The lowest BCUT2D eigenvalue weighted by atomic mass is 10.2. The van der Waals surface area contributed by atoms with Crippen LogP contribution in [0.1, 0.15) is 42.6 Å². The summed E-state index contributed by atoms with van der Waals surface area (Å²) in [7, 11) is 1.65. The number of hydrogen-bond acceptors (Lipinski definition) is 5. The molecule has 0 fully saturated rings. The number of hydrogen-bond donors (Lipinski definition) is 1. The van der Waals surface area contributed by atoms with Gasteiger partial charge in [0.05, 0.1) is 23.9 Å². The summed E-state index contributed by atoms with van der Waals surface area (Å²) in [6, 6.07) is 5.97. The van der Waals surface area contributed by atoms with Crippen LogP contribution in [-0.2, 0) is 23.0 Å². The van der Waals surface area contributed by atoms with E-state index in [2.05, 4.69) is 33.3 Å². The number of anilines is 1. The number of halogens is 1. The van der Waals surface area contributed by atoms with Crippen LogP contribution < -0.4 is 10.1 Å². The number of aromatic nitrogens is 2. The van der Waals surface area contributed by atoms with Crippen LogP contribution in [0.25, 0.3) is 0 Å². The van der Waals surface area contributed by atoms with Crippen molar-refractivity contribution in [1.82, 2.24) is 9.78 Å². The Morgan fingerprint density at radius 1 is 1.30 bits per heavy atom. The number of aryl methyl sites for hydroxylation is 2. The zero-order valence-electron chi connectivity index (χ0n) is 15.8. The smallest absolute Gasteiger partial charge is 0.343 e. The molecule has 0 saturated carbocycles. The molecule has 0 aliphatic carbocycles. The lowest BCUT2D eigenvalue weighted by molar-refractivity contribution is -0.116. The predicted molar refractivity (Wildman–Crippen MR) is 106 cm³/mol. The topological polar surface area (TPSA) is 82.5 Å². The van der Waals surface area contributed by atoms with Crippen LogP contribution in [0.3, 0.4) is 0 Å². The summed E-state index contributed by atoms with van der Waals surface area (Å²) in [5, 5.41) is 6.72. The van der Waals surface area contributed by atoms with E-state index in [0.717, 1.165) is 16.6 Å². The van der Waals surface area contributed by atoms with Crippen molar-refractivity contribution in [2.75, 3.05) is 18.5 Å². The lowest BCUT2D eigenvalue weighted by Crippen LogP contribution is -2.18. The van der Waals surface area contributed by atoms with E-state index in [1.54, 1.807) is 14.0 Å². The zero-order valence-corrected chi connectivity index (χ0v) is 17.3. The Balaban J connectivity index is 1.83. The summed E-state index contributed by atoms with van der Waals surface area (Å²) in [6.07, 6.45) is 3.15. The number of rotatable bonds is 9. The normalized spacial score (nSPS) is 10.5. The first-order valence-corrected chi connectivity index (χ1v) is 9.65. The molecule has 0 aliphatic rings. The molecular formula is C19H24BrN3O4. The largest absolute Gasteiger partial charge is 0.492 e. The van der Waals surface area contributed by atoms with Crippen LogP contribution in [0, 0.1) is 0 Å². The van der Waals surface area contributed by atoms with Gasteiger partial charge in [0, 0.05) is 13.5 Å². The standard InChI is InChI=1S/C19H24BrN3O4/c1-4-13-8-9-16(15(20)11-13)27-10-6-7-17(24)22-18-14(12-21-23(18)3)19(25)26-5-2/h8-9,11-12H,4-7,10H2,1-3H3,(H,22,24). The van der Waals surface area contributed by atoms with Gasteiger partial charge in [0.1, 0.15) is 17.1 Å². The zero-order chi connectivity index (χ0) is 19.8. The van der Waals surface area contributed by atoms with Crippen molar-refractivity contribution in [3.05, 3.63) is 40.0 Å². The molecule has 0 saturated heterocycles. The number of carbonyl (C=O) groups is 2. The summed E-state index contributed by atoms with van der Waals surface area (Å²) in [5.41, 5.74) is 1.46. The van der Waals surface area contributed by atoms with Crippen molar-refractivity contribution in [3.8, 4) is 5.75 Å². The molecule has 0 spiro atoms. The molecule has 0 radical (unpaired) electrons. The third-order valence-electron chi connectivity index (χ3n) is 3.90. The summed E-state index contributed by atoms with van der Waals surface area (Å²) >= 11 is 3.49. The molecule has 1 N–H and O–H groups in total. The van der Waals surface area contributed by atoms with Crippen molar-refractivity contribution >= 4 is 33.6 Å². The second-order valence-electron chi connectivity index (χ2n) is 5.87. The van der Waals surface area contributed by atoms with E-state index in [1.165, 1.54) is 16.4 Å². The van der Waals surface area contributed by atoms with Gasteiger partial charge >= 0.3 is 5.97 Å². The Hall–Kier alpha value is -2.35. The van der Waals surface area contributed by atoms with Crippen LogP contribution in [0.5, 0.6) is 5.75 Å². The highest BCUT2D eigenvalue weighted by atomic mass is 79.9. The first kappa shape index (κ1) is 21.0. The molecule has 7 nitrogen and oxygen atoms in total. The fourth-order valence-electron chi connectivity index (χ4n) is 2.43. The Labute approximate surface area is 167 Å². The first-order chi connectivity index (χ1) is 13.0. The SMILES string of the molecule is CCOC(=O)c1cnn(C)c1NC(=O)CCCOc1ccc(CC)cc1Br. The molecule has 1 heterocycles. The molecule has 8 heteroatoms. The number of carbonyl (C=O) groups excluding carboxylic acids is 2. The fraction of sp³-hybridized carbons (Fsp3) is 0.421. The fourth-order valence-corrected chi connectivity index (χ4v) is 2.98. The molecule has 1 aromatic heterocycles. The average Bonchev–Trinajstić information content (AvgIpc) is 3.00. The predicted octanol–water partition coefficient (Wildman–Crippen LogP) is 3.72. The Bertz CT molecular complexity index is 804. The van der Waals surface area contributed by atoms with Gasteiger partial charge in [0.15, 0.2) is 0 Å². The van der Waals surface area contributed by atoms with E-state index in [9.17, 15) is 9.59 Å². The van der Waals surface area contributed by atoms with E-state index in [4.69, 9.17) is 9.47 Å². The molecule has 2 rings (SSSR count). The monoisotopic (exact) mass is 437 g/mol.